The van der Waals surface area contributed by atoms with Gasteiger partial charge in [0.1, 0.15) is 11.1 Å². The molecule has 5 rings (SSSR count). The molecule has 0 saturated heterocycles. The maximum atomic E-state index is 13.8. The summed E-state index contributed by atoms with van der Waals surface area (Å²) in [5.74, 6) is -1.15. The fraction of sp³-hybridized carbons (Fsp3) is 0.290. The van der Waals surface area contributed by atoms with E-state index in [4.69, 9.17) is 0 Å². The molecule has 1 aromatic heterocycles. The lowest BCUT2D eigenvalue weighted by Crippen LogP contribution is -2.42. The van der Waals surface area contributed by atoms with Gasteiger partial charge in [0.25, 0.3) is 5.56 Å². The van der Waals surface area contributed by atoms with E-state index in [0.29, 0.717) is 34.7 Å². The number of carboxylic acids is 1. The van der Waals surface area contributed by atoms with E-state index in [9.17, 15) is 27.9 Å². The maximum Gasteiger partial charge on any atom is 0.416 e. The second-order valence-electron chi connectivity index (χ2n) is 9.99. The van der Waals surface area contributed by atoms with Crippen LogP contribution in [0.4, 0.5) is 13.2 Å². The molecule has 1 N–H and O–H groups in total. The van der Waals surface area contributed by atoms with Crippen molar-refractivity contribution in [2.75, 3.05) is 13.1 Å². The molecule has 40 heavy (non-hydrogen) atoms. The zero-order chi connectivity index (χ0) is 28.4. The topological polar surface area (TPSA) is 62.5 Å². The predicted octanol–water partition coefficient (Wildman–Crippen LogP) is 7.42. The number of carbonyl (C=O) groups is 1. The number of fused-ring (bicyclic) bond motifs is 2. The van der Waals surface area contributed by atoms with Crippen LogP contribution in [0, 0.1) is 0 Å². The number of hydrogen-bond donors (Lipinski definition) is 1. The summed E-state index contributed by atoms with van der Waals surface area (Å²) in [6, 6.07) is 18.9. The van der Waals surface area contributed by atoms with Gasteiger partial charge in [0.2, 0.25) is 0 Å². The van der Waals surface area contributed by atoms with Crippen LogP contribution >= 0.6 is 11.9 Å². The molecule has 1 aliphatic rings. The van der Waals surface area contributed by atoms with Crippen LogP contribution in [0.2, 0.25) is 0 Å². The molecule has 0 spiro atoms. The molecule has 5 nitrogen and oxygen atoms in total. The van der Waals surface area contributed by atoms with Crippen molar-refractivity contribution in [2.24, 2.45) is 0 Å². The molecule has 3 aromatic carbocycles. The Bertz CT molecular complexity index is 1610. The molecule has 0 saturated carbocycles. The van der Waals surface area contributed by atoms with Gasteiger partial charge in [-0.15, -0.1) is 0 Å². The fourth-order valence-electron chi connectivity index (χ4n) is 5.28. The Morgan fingerprint density at radius 2 is 1.75 bits per heavy atom. The summed E-state index contributed by atoms with van der Waals surface area (Å²) in [4.78, 5) is 25.9. The summed E-state index contributed by atoms with van der Waals surface area (Å²) in [6.45, 7) is 2.80. The van der Waals surface area contributed by atoms with Crippen LogP contribution < -0.4 is 5.56 Å². The molecule has 0 aliphatic carbocycles. The zero-order valence-electron chi connectivity index (χ0n) is 21.9. The number of aromatic nitrogens is 1. The minimum absolute atomic E-state index is 0.126. The lowest BCUT2D eigenvalue weighted by molar-refractivity contribution is -0.141. The highest BCUT2D eigenvalue weighted by Gasteiger charge is 2.36. The van der Waals surface area contributed by atoms with Crippen LogP contribution in [0.3, 0.4) is 0 Å². The first-order valence-electron chi connectivity index (χ1n) is 13.3. The summed E-state index contributed by atoms with van der Waals surface area (Å²) in [5, 5.41) is 12.4. The third-order valence-corrected chi connectivity index (χ3v) is 8.39. The first kappa shape index (κ1) is 28.0. The molecule has 0 radical (unpaired) electrons. The number of nitrogens with zero attached hydrogens (tertiary/aromatic N) is 2. The number of alkyl halides is 3. The van der Waals surface area contributed by atoms with E-state index in [0.717, 1.165) is 47.7 Å². The van der Waals surface area contributed by atoms with Crippen molar-refractivity contribution in [1.29, 1.82) is 0 Å². The fourth-order valence-corrected chi connectivity index (χ4v) is 6.61. The summed E-state index contributed by atoms with van der Waals surface area (Å²) in [5.41, 5.74) is 0.941. The van der Waals surface area contributed by atoms with Gasteiger partial charge in [0.05, 0.1) is 5.56 Å². The Labute approximate surface area is 234 Å². The average molecular weight is 567 g/mol. The number of unbranched alkanes of at least 4 members (excludes halogenated alkanes) is 2. The van der Waals surface area contributed by atoms with Gasteiger partial charge in [0.15, 0.2) is 0 Å². The Morgan fingerprint density at radius 3 is 2.50 bits per heavy atom. The number of rotatable bonds is 8. The van der Waals surface area contributed by atoms with Crippen molar-refractivity contribution in [1.82, 2.24) is 8.87 Å². The average Bonchev–Trinajstić information content (AvgIpc) is 2.92. The van der Waals surface area contributed by atoms with Crippen molar-refractivity contribution in [3.05, 3.63) is 99.8 Å². The van der Waals surface area contributed by atoms with E-state index in [2.05, 4.69) is 6.92 Å². The first-order chi connectivity index (χ1) is 19.2. The SMILES string of the molecule is CCCCCN1CC(C(=O)O)n2c(c(-c3cccc(C(F)(F)F)c3)c(Cc3cccc4ccccc34)cc2=O)S1. The third kappa shape index (κ3) is 5.67. The molecule has 1 atom stereocenters. The molecule has 1 unspecified atom stereocenters. The van der Waals surface area contributed by atoms with Crippen molar-refractivity contribution in [3.8, 4) is 11.1 Å². The molecule has 0 bridgehead atoms. The van der Waals surface area contributed by atoms with Crippen LogP contribution in [0.15, 0.2) is 82.6 Å². The van der Waals surface area contributed by atoms with Crippen LogP contribution in [-0.2, 0) is 17.4 Å². The number of pyridine rings is 1. The minimum Gasteiger partial charge on any atom is -0.480 e. The third-order valence-electron chi connectivity index (χ3n) is 7.23. The quantitative estimate of drug-likeness (QED) is 0.178. The van der Waals surface area contributed by atoms with Crippen molar-refractivity contribution < 1.29 is 23.1 Å². The molecule has 9 heteroatoms. The highest BCUT2D eigenvalue weighted by atomic mass is 32.2. The summed E-state index contributed by atoms with van der Waals surface area (Å²) in [7, 11) is 0. The van der Waals surface area contributed by atoms with Crippen molar-refractivity contribution in [2.45, 2.75) is 49.9 Å². The predicted molar refractivity (Wildman–Crippen MR) is 152 cm³/mol. The van der Waals surface area contributed by atoms with Crippen molar-refractivity contribution >= 4 is 28.7 Å². The van der Waals surface area contributed by atoms with E-state index in [1.807, 2.05) is 46.8 Å². The Morgan fingerprint density at radius 1 is 1.00 bits per heavy atom. The number of hydrogen-bond acceptors (Lipinski definition) is 4. The second-order valence-corrected chi connectivity index (χ2v) is 11.1. The molecule has 1 aliphatic heterocycles. The second kappa shape index (κ2) is 11.5. The zero-order valence-corrected chi connectivity index (χ0v) is 22.8. The van der Waals surface area contributed by atoms with Gasteiger partial charge in [-0.1, -0.05) is 74.4 Å². The standard InChI is InChI=1S/C31H29F3N2O3S/c1-2-3-6-15-35-19-26(30(38)39)36-27(37)18-23(16-21-11-7-10-20-9-4-5-14-25(20)21)28(29(36)40-35)22-12-8-13-24(17-22)31(32,33)34/h4-5,7-14,17-18,26H,2-3,6,15-16,19H2,1H3,(H,38,39). The van der Waals surface area contributed by atoms with Gasteiger partial charge in [-0.2, -0.15) is 13.2 Å². The normalized spacial score (nSPS) is 15.8. The van der Waals surface area contributed by atoms with Crippen molar-refractivity contribution in [3.63, 3.8) is 0 Å². The van der Waals surface area contributed by atoms with E-state index >= 15 is 0 Å². The van der Waals surface area contributed by atoms with Crippen LogP contribution in [-0.4, -0.2) is 33.0 Å². The Hall–Kier alpha value is -3.56. The van der Waals surface area contributed by atoms with Gasteiger partial charge in [-0.3, -0.25) is 9.36 Å². The van der Waals surface area contributed by atoms with E-state index in [-0.39, 0.29) is 6.54 Å². The molecular formula is C31H29F3N2O3S. The molecule has 0 fully saturated rings. The summed E-state index contributed by atoms with van der Waals surface area (Å²) >= 11 is 1.26. The highest BCUT2D eigenvalue weighted by molar-refractivity contribution is 7.97. The maximum absolute atomic E-state index is 13.8. The van der Waals surface area contributed by atoms with Gasteiger partial charge in [0, 0.05) is 24.7 Å². The van der Waals surface area contributed by atoms with Gasteiger partial charge in [-0.25, -0.2) is 9.10 Å². The van der Waals surface area contributed by atoms with Gasteiger partial charge < -0.3 is 5.11 Å². The molecule has 4 aromatic rings. The van der Waals surface area contributed by atoms with Gasteiger partial charge >= 0.3 is 12.1 Å². The molecule has 208 valence electrons. The van der Waals surface area contributed by atoms with Crippen LogP contribution in [0.5, 0.6) is 0 Å². The van der Waals surface area contributed by atoms with Crippen LogP contribution in [0.25, 0.3) is 21.9 Å². The lowest BCUT2D eigenvalue weighted by Gasteiger charge is -2.35. The first-order valence-corrected chi connectivity index (χ1v) is 14.0. The van der Waals surface area contributed by atoms with E-state index in [1.54, 1.807) is 6.07 Å². The number of carboxylic acid groups (broad SMARTS) is 1. The monoisotopic (exact) mass is 566 g/mol. The minimum atomic E-state index is -4.56. The summed E-state index contributed by atoms with van der Waals surface area (Å²) in [6.07, 6.45) is -1.47. The highest BCUT2D eigenvalue weighted by Crippen LogP contribution is 2.42. The molecule has 2 heterocycles. The van der Waals surface area contributed by atoms with E-state index < -0.39 is 29.3 Å². The Balaban J connectivity index is 1.74. The lowest BCUT2D eigenvalue weighted by atomic mass is 9.93. The smallest absolute Gasteiger partial charge is 0.416 e. The Kier molecular flexibility index (Phi) is 8.05. The largest absolute Gasteiger partial charge is 0.480 e. The number of benzene rings is 3. The number of halogens is 3. The summed E-state index contributed by atoms with van der Waals surface area (Å²) < 4.78 is 44.5. The van der Waals surface area contributed by atoms with E-state index in [1.165, 1.54) is 28.6 Å². The van der Waals surface area contributed by atoms with Crippen LogP contribution in [0.1, 0.15) is 48.9 Å². The number of aliphatic carboxylic acids is 1. The van der Waals surface area contributed by atoms with Gasteiger partial charge in [-0.05, 0) is 64.4 Å². The molecular weight excluding hydrogens is 537 g/mol. The molecule has 0 amide bonds.